The highest BCUT2D eigenvalue weighted by atomic mass is 35.5. The number of hydrogen-bond donors (Lipinski definition) is 2. The molecule has 13 heteroatoms. The van der Waals surface area contributed by atoms with Gasteiger partial charge in [0.05, 0.1) is 16.3 Å². The number of nitrogens with zero attached hydrogens (tertiary/aromatic N) is 1. The molecule has 2 amide bonds. The second-order valence-corrected chi connectivity index (χ2v) is 8.66. The molecule has 0 aromatic heterocycles. The Balaban J connectivity index is 1.73. The van der Waals surface area contributed by atoms with E-state index in [1.165, 1.54) is 6.07 Å². The van der Waals surface area contributed by atoms with Gasteiger partial charge in [0.1, 0.15) is 11.9 Å². The number of halogens is 8. The fourth-order valence-corrected chi connectivity index (χ4v) is 4.01. The summed E-state index contributed by atoms with van der Waals surface area (Å²) in [5, 5.41) is 4.97. The summed E-state index contributed by atoms with van der Waals surface area (Å²) < 4.78 is 90.9. The normalized spacial score (nSPS) is 15.1. The minimum Gasteiger partial charge on any atom is -0.380 e. The van der Waals surface area contributed by atoms with Crippen LogP contribution in [-0.4, -0.2) is 48.2 Å². The molecule has 3 rings (SSSR count). The van der Waals surface area contributed by atoms with Crippen LogP contribution in [0.3, 0.4) is 0 Å². The smallest absolute Gasteiger partial charge is 0.380 e. The van der Waals surface area contributed by atoms with Crippen LogP contribution >= 0.6 is 11.6 Å². The molecular formula is C23H21ClF7N3O2. The summed E-state index contributed by atoms with van der Waals surface area (Å²) in [6, 6.07) is 4.45. The lowest BCUT2D eigenvalue weighted by Gasteiger charge is -2.21. The first-order valence-electron chi connectivity index (χ1n) is 10.7. The lowest BCUT2D eigenvalue weighted by Crippen LogP contribution is -2.43. The average molecular weight is 540 g/mol. The average Bonchev–Trinajstić information content (AvgIpc) is 2.99. The molecule has 0 saturated heterocycles. The minimum absolute atomic E-state index is 0.000851. The fraction of sp³-hybridized carbons (Fsp3) is 0.391. The lowest BCUT2D eigenvalue weighted by atomic mass is 10.0. The van der Waals surface area contributed by atoms with E-state index in [2.05, 4.69) is 5.32 Å². The van der Waals surface area contributed by atoms with E-state index in [0.717, 1.165) is 24.0 Å². The summed E-state index contributed by atoms with van der Waals surface area (Å²) in [5.74, 6) is -4.16. The maximum absolute atomic E-state index is 14.5. The fourth-order valence-electron chi connectivity index (χ4n) is 3.77. The molecule has 0 radical (unpaired) electrons. The summed E-state index contributed by atoms with van der Waals surface area (Å²) in [6.07, 6.45) is -9.38. The molecule has 0 aliphatic carbocycles. The van der Waals surface area contributed by atoms with Crippen LogP contribution in [-0.2, 0) is 24.2 Å². The van der Waals surface area contributed by atoms with Crippen molar-refractivity contribution in [2.24, 2.45) is 0 Å². The number of benzene rings is 2. The summed E-state index contributed by atoms with van der Waals surface area (Å²) in [5.41, 5.74) is 1.52. The van der Waals surface area contributed by atoms with Gasteiger partial charge in [-0.1, -0.05) is 23.7 Å². The van der Waals surface area contributed by atoms with Crippen molar-refractivity contribution in [3.8, 4) is 0 Å². The zero-order valence-electron chi connectivity index (χ0n) is 18.8. The van der Waals surface area contributed by atoms with Crippen molar-refractivity contribution in [3.63, 3.8) is 0 Å². The van der Waals surface area contributed by atoms with Gasteiger partial charge in [-0.2, -0.15) is 26.3 Å². The van der Waals surface area contributed by atoms with Crippen LogP contribution in [0.15, 0.2) is 30.3 Å². The van der Waals surface area contributed by atoms with Crippen molar-refractivity contribution >= 4 is 29.1 Å². The van der Waals surface area contributed by atoms with Crippen LogP contribution in [0.2, 0.25) is 5.02 Å². The number of rotatable bonds is 5. The molecular weight excluding hydrogens is 519 g/mol. The summed E-state index contributed by atoms with van der Waals surface area (Å²) in [4.78, 5) is 24.4. The van der Waals surface area contributed by atoms with Crippen molar-refractivity contribution in [3.05, 3.63) is 63.4 Å². The Kier molecular flexibility index (Phi) is 8.07. The van der Waals surface area contributed by atoms with E-state index in [1.807, 2.05) is 0 Å². The zero-order chi connectivity index (χ0) is 26.8. The molecule has 1 aliphatic rings. The number of carbonyl (C=O) groups is 2. The Morgan fingerprint density at radius 3 is 2.33 bits per heavy atom. The molecule has 1 aliphatic heterocycles. The number of fused-ring (bicyclic) bond motifs is 1. The van der Waals surface area contributed by atoms with Crippen LogP contribution in [0.1, 0.15) is 34.0 Å². The molecule has 0 spiro atoms. The third kappa shape index (κ3) is 6.40. The molecule has 1 atom stereocenters. The first-order valence-corrected chi connectivity index (χ1v) is 11.1. The predicted molar refractivity (Wildman–Crippen MR) is 118 cm³/mol. The number of alkyl halides is 6. The molecule has 0 fully saturated rings. The van der Waals surface area contributed by atoms with E-state index in [0.29, 0.717) is 22.4 Å². The molecule has 36 heavy (non-hydrogen) atoms. The molecule has 5 nitrogen and oxygen atoms in total. The number of hydrogen-bond acceptors (Lipinski definition) is 3. The summed E-state index contributed by atoms with van der Waals surface area (Å²) in [6.45, 7) is 0.446. The van der Waals surface area contributed by atoms with E-state index in [-0.39, 0.29) is 37.5 Å². The van der Waals surface area contributed by atoms with Gasteiger partial charge in [-0.25, -0.2) is 4.39 Å². The summed E-state index contributed by atoms with van der Waals surface area (Å²) >= 11 is 6.29. The highest BCUT2D eigenvalue weighted by Gasteiger charge is 2.42. The Labute approximate surface area is 206 Å². The number of anilines is 1. The highest BCUT2D eigenvalue weighted by Crippen LogP contribution is 2.33. The monoisotopic (exact) mass is 539 g/mol. The largest absolute Gasteiger partial charge is 0.471 e. The Bertz CT molecular complexity index is 1150. The predicted octanol–water partition coefficient (Wildman–Crippen LogP) is 5.26. The van der Waals surface area contributed by atoms with E-state index < -0.39 is 41.6 Å². The number of carbonyl (C=O) groups excluding carboxylic acids is 2. The van der Waals surface area contributed by atoms with Gasteiger partial charge in [-0.15, -0.1) is 0 Å². The second kappa shape index (κ2) is 10.5. The molecule has 0 bridgehead atoms. The molecule has 1 heterocycles. The standard InChI is InChI=1S/C23H21ClF7N3O2/c1-12(22(26,27)28)33-20(35)16-4-2-13(10-18(16)25)11-32-19-15-7-9-34(21(36)23(29,30)31)8-6-14(15)3-5-17(19)24/h2-5,10,12,32H,6-9,11H2,1H3,(H,33,35). The van der Waals surface area contributed by atoms with Crippen LogP contribution < -0.4 is 10.6 Å². The third-order valence-corrected chi connectivity index (χ3v) is 6.07. The van der Waals surface area contributed by atoms with Crippen LogP contribution in [0.25, 0.3) is 0 Å². The molecule has 2 N–H and O–H groups in total. The van der Waals surface area contributed by atoms with Gasteiger partial charge in [-0.3, -0.25) is 9.59 Å². The van der Waals surface area contributed by atoms with Crippen molar-refractivity contribution in [1.82, 2.24) is 10.2 Å². The van der Waals surface area contributed by atoms with Gasteiger partial charge < -0.3 is 15.5 Å². The van der Waals surface area contributed by atoms with Gasteiger partial charge in [0.15, 0.2) is 0 Å². The molecule has 2 aromatic rings. The Hall–Kier alpha value is -3.02. The first kappa shape index (κ1) is 27.6. The lowest BCUT2D eigenvalue weighted by molar-refractivity contribution is -0.185. The molecule has 1 unspecified atom stereocenters. The Morgan fingerprint density at radius 2 is 1.72 bits per heavy atom. The van der Waals surface area contributed by atoms with Crippen LogP contribution in [0.5, 0.6) is 0 Å². The van der Waals surface area contributed by atoms with Gasteiger partial charge in [0.2, 0.25) is 0 Å². The topological polar surface area (TPSA) is 61.4 Å². The molecule has 196 valence electrons. The molecule has 2 aromatic carbocycles. The first-order chi connectivity index (χ1) is 16.7. The zero-order valence-corrected chi connectivity index (χ0v) is 19.5. The highest BCUT2D eigenvalue weighted by molar-refractivity contribution is 6.33. The van der Waals surface area contributed by atoms with E-state index in [4.69, 9.17) is 11.6 Å². The van der Waals surface area contributed by atoms with Gasteiger partial charge >= 0.3 is 18.3 Å². The van der Waals surface area contributed by atoms with E-state index in [1.54, 1.807) is 17.4 Å². The molecule has 0 saturated carbocycles. The summed E-state index contributed by atoms with van der Waals surface area (Å²) in [7, 11) is 0. The van der Waals surface area contributed by atoms with Crippen LogP contribution in [0.4, 0.5) is 36.4 Å². The van der Waals surface area contributed by atoms with Gasteiger partial charge in [0, 0.05) is 19.6 Å². The minimum atomic E-state index is -4.98. The SMILES string of the molecule is CC(NC(=O)c1ccc(CNc2c(Cl)ccc3c2CCN(C(=O)C(F)(F)F)CC3)cc1F)C(F)(F)F. The number of amides is 2. The van der Waals surface area contributed by atoms with Crippen LogP contribution in [0, 0.1) is 5.82 Å². The third-order valence-electron chi connectivity index (χ3n) is 5.76. The maximum Gasteiger partial charge on any atom is 0.471 e. The van der Waals surface area contributed by atoms with Crippen molar-refractivity contribution in [2.75, 3.05) is 18.4 Å². The van der Waals surface area contributed by atoms with E-state index >= 15 is 0 Å². The van der Waals surface area contributed by atoms with Gasteiger partial charge in [0.25, 0.3) is 5.91 Å². The van der Waals surface area contributed by atoms with Gasteiger partial charge in [-0.05, 0) is 54.7 Å². The van der Waals surface area contributed by atoms with E-state index in [9.17, 15) is 40.3 Å². The maximum atomic E-state index is 14.5. The number of nitrogens with one attached hydrogen (secondary N) is 2. The quantitative estimate of drug-likeness (QED) is 0.510. The van der Waals surface area contributed by atoms with Crippen molar-refractivity contribution < 1.29 is 40.3 Å². The Morgan fingerprint density at radius 1 is 1.06 bits per heavy atom. The van der Waals surface area contributed by atoms with Crippen molar-refractivity contribution in [2.45, 2.75) is 44.7 Å². The second-order valence-electron chi connectivity index (χ2n) is 8.25. The van der Waals surface area contributed by atoms with Crippen molar-refractivity contribution in [1.29, 1.82) is 0 Å².